The molecule has 2 aliphatic heterocycles. The molecule has 0 radical (unpaired) electrons. The summed E-state index contributed by atoms with van der Waals surface area (Å²) in [5.41, 5.74) is 8.40. The molecule has 4 heterocycles. The fraction of sp³-hybridized carbons (Fsp3) is 0.579. The summed E-state index contributed by atoms with van der Waals surface area (Å²) >= 11 is 0. The van der Waals surface area contributed by atoms with Gasteiger partial charge in [-0.2, -0.15) is 4.98 Å². The van der Waals surface area contributed by atoms with Gasteiger partial charge >= 0.3 is 0 Å². The predicted molar refractivity (Wildman–Crippen MR) is 116 cm³/mol. The number of hydrogen-bond acceptors (Lipinski definition) is 10. The molecule has 5 rings (SSSR count). The summed E-state index contributed by atoms with van der Waals surface area (Å²) in [7, 11) is -3.20. The lowest BCUT2D eigenvalue weighted by molar-refractivity contribution is 0.122. The molecule has 12 heteroatoms. The van der Waals surface area contributed by atoms with Crippen molar-refractivity contribution < 1.29 is 13.2 Å². The maximum Gasteiger partial charge on any atom is 0.228 e. The van der Waals surface area contributed by atoms with E-state index in [-0.39, 0.29) is 18.0 Å². The molecular formula is C19H26N8O3S. The van der Waals surface area contributed by atoms with Gasteiger partial charge in [0.15, 0.2) is 0 Å². The minimum absolute atomic E-state index is 0.0189. The number of nitrogens with two attached hydrogens (primary N) is 1. The summed E-state index contributed by atoms with van der Waals surface area (Å²) < 4.78 is 31.2. The highest BCUT2D eigenvalue weighted by atomic mass is 32.2. The fourth-order valence-corrected chi connectivity index (χ4v) is 5.27. The quantitative estimate of drug-likeness (QED) is 0.634. The van der Waals surface area contributed by atoms with Gasteiger partial charge in [-0.15, -0.1) is 0 Å². The van der Waals surface area contributed by atoms with Gasteiger partial charge in [-0.05, 0) is 19.3 Å². The van der Waals surface area contributed by atoms with Gasteiger partial charge < -0.3 is 20.3 Å². The molecule has 0 amide bonds. The number of ether oxygens (including phenoxy) is 1. The van der Waals surface area contributed by atoms with E-state index in [0.29, 0.717) is 19.2 Å². The van der Waals surface area contributed by atoms with Gasteiger partial charge in [0.25, 0.3) is 0 Å². The number of anilines is 3. The standard InChI is InChI=1S/C19H26N8O3S/c1-31(28,29)25-13-8-14(9-13)27-3-2-15-16(12-10-21-18(20)22-11-12)23-19(24-17(15)27)26-4-6-30-7-5-26/h10-11,13-14,25H,2-9H2,1H3,(H2,20,21,22)/t13-,14+. The van der Waals surface area contributed by atoms with Crippen LogP contribution in [0.1, 0.15) is 18.4 Å². The number of nitrogens with one attached hydrogen (secondary N) is 1. The van der Waals surface area contributed by atoms with E-state index in [2.05, 4.69) is 24.5 Å². The van der Waals surface area contributed by atoms with Crippen molar-refractivity contribution in [3.63, 3.8) is 0 Å². The first-order valence-corrected chi connectivity index (χ1v) is 12.3. The van der Waals surface area contributed by atoms with Crippen molar-refractivity contribution in [2.24, 2.45) is 0 Å². The number of nitrogens with zero attached hydrogens (tertiary/aromatic N) is 6. The minimum Gasteiger partial charge on any atom is -0.378 e. The van der Waals surface area contributed by atoms with E-state index >= 15 is 0 Å². The molecule has 0 atom stereocenters. The summed E-state index contributed by atoms with van der Waals surface area (Å²) in [6.07, 6.45) is 6.96. The van der Waals surface area contributed by atoms with Crippen LogP contribution in [-0.2, 0) is 21.2 Å². The monoisotopic (exact) mass is 446 g/mol. The second-order valence-electron chi connectivity index (χ2n) is 8.26. The van der Waals surface area contributed by atoms with Crippen LogP contribution in [0.4, 0.5) is 17.7 Å². The summed E-state index contributed by atoms with van der Waals surface area (Å²) in [6, 6.07) is 0.234. The molecule has 3 aliphatic rings. The molecule has 2 aromatic heterocycles. The SMILES string of the molecule is CS(=O)(=O)N[C@H]1C[C@@H](N2CCc3c(-c4cnc(N)nc4)nc(N4CCOCC4)nc32)C1. The first kappa shape index (κ1) is 20.3. The molecule has 2 fully saturated rings. The van der Waals surface area contributed by atoms with Crippen LogP contribution in [-0.4, -0.2) is 79.5 Å². The molecule has 0 spiro atoms. The maximum atomic E-state index is 11.5. The maximum absolute atomic E-state index is 11.5. The van der Waals surface area contributed by atoms with Crippen molar-refractivity contribution in [1.82, 2.24) is 24.7 Å². The Hall–Kier alpha value is -2.57. The molecule has 1 saturated carbocycles. The molecule has 11 nitrogen and oxygen atoms in total. The van der Waals surface area contributed by atoms with Gasteiger partial charge in [0.1, 0.15) is 5.82 Å². The Bertz CT molecular complexity index is 1070. The Labute approximate surface area is 181 Å². The van der Waals surface area contributed by atoms with E-state index in [1.807, 2.05) is 0 Å². The lowest BCUT2D eigenvalue weighted by Crippen LogP contribution is -2.53. The van der Waals surface area contributed by atoms with E-state index in [0.717, 1.165) is 61.5 Å². The normalized spacial score (nSPS) is 23.5. The lowest BCUT2D eigenvalue weighted by atomic mass is 9.86. The van der Waals surface area contributed by atoms with Crippen LogP contribution in [0.5, 0.6) is 0 Å². The molecule has 1 aliphatic carbocycles. The number of nitrogen functional groups attached to an aromatic ring is 1. The molecule has 0 unspecified atom stereocenters. The van der Waals surface area contributed by atoms with Crippen LogP contribution in [0, 0.1) is 0 Å². The first-order chi connectivity index (χ1) is 14.9. The summed E-state index contributed by atoms with van der Waals surface area (Å²) in [5.74, 6) is 1.82. The van der Waals surface area contributed by atoms with Crippen LogP contribution in [0.2, 0.25) is 0 Å². The average molecular weight is 447 g/mol. The third-order valence-electron chi connectivity index (χ3n) is 6.02. The molecule has 166 valence electrons. The van der Waals surface area contributed by atoms with Crippen molar-refractivity contribution in [1.29, 1.82) is 0 Å². The number of aromatic nitrogens is 4. The second kappa shape index (κ2) is 7.84. The van der Waals surface area contributed by atoms with Crippen LogP contribution in [0.15, 0.2) is 12.4 Å². The highest BCUT2D eigenvalue weighted by Gasteiger charge is 2.39. The van der Waals surface area contributed by atoms with Crippen LogP contribution in [0.3, 0.4) is 0 Å². The molecule has 1 saturated heterocycles. The van der Waals surface area contributed by atoms with Crippen molar-refractivity contribution in [3.05, 3.63) is 18.0 Å². The lowest BCUT2D eigenvalue weighted by Gasteiger charge is -2.42. The van der Waals surface area contributed by atoms with Crippen LogP contribution in [0.25, 0.3) is 11.3 Å². The van der Waals surface area contributed by atoms with E-state index < -0.39 is 10.0 Å². The minimum atomic E-state index is -3.20. The van der Waals surface area contributed by atoms with Crippen molar-refractivity contribution in [2.45, 2.75) is 31.3 Å². The van der Waals surface area contributed by atoms with E-state index in [4.69, 9.17) is 20.4 Å². The summed E-state index contributed by atoms with van der Waals surface area (Å²) in [4.78, 5) is 22.6. The zero-order chi connectivity index (χ0) is 21.6. The number of fused-ring (bicyclic) bond motifs is 1. The molecule has 31 heavy (non-hydrogen) atoms. The number of morpholine rings is 1. The largest absolute Gasteiger partial charge is 0.378 e. The zero-order valence-corrected chi connectivity index (χ0v) is 18.2. The molecular weight excluding hydrogens is 420 g/mol. The van der Waals surface area contributed by atoms with Gasteiger partial charge in [0, 0.05) is 55.2 Å². The van der Waals surface area contributed by atoms with E-state index in [1.54, 1.807) is 12.4 Å². The molecule has 2 aromatic rings. The summed E-state index contributed by atoms with van der Waals surface area (Å²) in [5, 5.41) is 0. The Morgan fingerprint density at radius 1 is 1.13 bits per heavy atom. The Morgan fingerprint density at radius 2 is 1.84 bits per heavy atom. The van der Waals surface area contributed by atoms with E-state index in [9.17, 15) is 8.42 Å². The fourth-order valence-electron chi connectivity index (χ4n) is 4.47. The van der Waals surface area contributed by atoms with Crippen molar-refractivity contribution in [3.8, 4) is 11.3 Å². The van der Waals surface area contributed by atoms with E-state index in [1.165, 1.54) is 6.26 Å². The topological polar surface area (TPSA) is 139 Å². The van der Waals surface area contributed by atoms with Gasteiger partial charge in [0.2, 0.25) is 21.9 Å². The third kappa shape index (κ3) is 4.14. The average Bonchev–Trinajstić information content (AvgIpc) is 3.14. The number of sulfonamides is 1. The smallest absolute Gasteiger partial charge is 0.228 e. The van der Waals surface area contributed by atoms with Crippen LogP contribution < -0.4 is 20.3 Å². The van der Waals surface area contributed by atoms with Gasteiger partial charge in [-0.25, -0.2) is 28.1 Å². The highest BCUT2D eigenvalue weighted by Crippen LogP contribution is 2.40. The Morgan fingerprint density at radius 3 is 2.52 bits per heavy atom. The van der Waals surface area contributed by atoms with Gasteiger partial charge in [-0.3, -0.25) is 0 Å². The molecule has 3 N–H and O–H groups in total. The number of hydrogen-bond donors (Lipinski definition) is 2. The summed E-state index contributed by atoms with van der Waals surface area (Å²) in [6.45, 7) is 3.59. The van der Waals surface area contributed by atoms with Gasteiger partial charge in [-0.1, -0.05) is 0 Å². The molecule has 0 bridgehead atoms. The Balaban J connectivity index is 1.47. The first-order valence-electron chi connectivity index (χ1n) is 10.4. The second-order valence-corrected chi connectivity index (χ2v) is 10.0. The zero-order valence-electron chi connectivity index (χ0n) is 17.4. The number of rotatable bonds is 5. The predicted octanol–water partition coefficient (Wildman–Crippen LogP) is -0.205. The Kier molecular flexibility index (Phi) is 5.15. The van der Waals surface area contributed by atoms with Crippen molar-refractivity contribution >= 4 is 27.7 Å². The highest BCUT2D eigenvalue weighted by molar-refractivity contribution is 7.88. The van der Waals surface area contributed by atoms with Crippen molar-refractivity contribution in [2.75, 3.05) is 54.6 Å². The molecule has 0 aromatic carbocycles. The van der Waals surface area contributed by atoms with Gasteiger partial charge in [0.05, 0.1) is 25.2 Å². The van der Waals surface area contributed by atoms with Crippen LogP contribution >= 0.6 is 0 Å². The third-order valence-corrected chi connectivity index (χ3v) is 6.78.